The molecule has 1 aromatic carbocycles. The lowest BCUT2D eigenvalue weighted by molar-refractivity contribution is 0.181. The molecule has 1 heterocycles. The number of hydrogen-bond acceptors (Lipinski definition) is 2. The lowest BCUT2D eigenvalue weighted by atomic mass is 9.90. The molecule has 2 N–H and O–H groups in total. The first-order chi connectivity index (χ1) is 7.18. The Balaban J connectivity index is 2.20. The number of hydrogen-bond donors (Lipinski definition) is 1. The Kier molecular flexibility index (Phi) is 3.03. The van der Waals surface area contributed by atoms with Crippen molar-refractivity contribution in [1.29, 1.82) is 0 Å². The molecule has 1 aromatic rings. The minimum absolute atomic E-state index is 0.0342. The van der Waals surface area contributed by atoms with Gasteiger partial charge in [0, 0.05) is 18.6 Å². The maximum absolute atomic E-state index is 12.9. The van der Waals surface area contributed by atoms with E-state index in [1.807, 2.05) is 6.92 Å². The molecule has 2 unspecified atom stereocenters. The van der Waals surface area contributed by atoms with Gasteiger partial charge in [-0.1, -0.05) is 6.07 Å². The van der Waals surface area contributed by atoms with Gasteiger partial charge < -0.3 is 10.5 Å². The molecule has 1 aliphatic rings. The van der Waals surface area contributed by atoms with E-state index in [2.05, 4.69) is 0 Å². The molecule has 0 bridgehead atoms. The highest BCUT2D eigenvalue weighted by Gasteiger charge is 2.24. The van der Waals surface area contributed by atoms with Crippen LogP contribution in [-0.4, -0.2) is 13.2 Å². The van der Waals surface area contributed by atoms with Crippen molar-refractivity contribution in [2.75, 3.05) is 13.2 Å². The zero-order valence-electron chi connectivity index (χ0n) is 8.87. The molecule has 1 aliphatic heterocycles. The largest absolute Gasteiger partial charge is 0.381 e. The highest BCUT2D eigenvalue weighted by Crippen LogP contribution is 2.28. The van der Waals surface area contributed by atoms with E-state index in [-0.39, 0.29) is 11.9 Å². The highest BCUT2D eigenvalue weighted by molar-refractivity contribution is 5.29. The lowest BCUT2D eigenvalue weighted by Gasteiger charge is -2.19. The highest BCUT2D eigenvalue weighted by atomic mass is 19.1. The Morgan fingerprint density at radius 3 is 2.93 bits per heavy atom. The van der Waals surface area contributed by atoms with Crippen molar-refractivity contribution in [2.24, 2.45) is 11.7 Å². The summed E-state index contributed by atoms with van der Waals surface area (Å²) in [6, 6.07) is 4.75. The monoisotopic (exact) mass is 209 g/mol. The van der Waals surface area contributed by atoms with Crippen LogP contribution in [0.2, 0.25) is 0 Å². The summed E-state index contributed by atoms with van der Waals surface area (Å²) in [7, 11) is 0. The fraction of sp³-hybridized carbons (Fsp3) is 0.500. The summed E-state index contributed by atoms with van der Waals surface area (Å²) in [5.74, 6) is 0.167. The normalized spacial score (nSPS) is 23.0. The minimum atomic E-state index is -0.203. The van der Waals surface area contributed by atoms with Crippen molar-refractivity contribution in [3.05, 3.63) is 35.1 Å². The van der Waals surface area contributed by atoms with E-state index in [1.54, 1.807) is 6.07 Å². The molecule has 0 aliphatic carbocycles. The number of aryl methyl sites for hydroxylation is 1. The molecule has 2 rings (SSSR count). The first kappa shape index (κ1) is 10.6. The fourth-order valence-electron chi connectivity index (χ4n) is 2.10. The standard InChI is InChI=1S/C12H16FNO/c1-8-6-10(13)2-3-11(8)12(14)9-4-5-15-7-9/h2-3,6,9,12H,4-5,7,14H2,1H3. The molecule has 3 heteroatoms. The van der Waals surface area contributed by atoms with Crippen molar-refractivity contribution in [2.45, 2.75) is 19.4 Å². The van der Waals surface area contributed by atoms with E-state index >= 15 is 0 Å². The van der Waals surface area contributed by atoms with Crippen molar-refractivity contribution in [3.63, 3.8) is 0 Å². The van der Waals surface area contributed by atoms with Gasteiger partial charge in [-0.3, -0.25) is 0 Å². The fourth-order valence-corrected chi connectivity index (χ4v) is 2.10. The quantitative estimate of drug-likeness (QED) is 0.810. The van der Waals surface area contributed by atoms with Gasteiger partial charge in [-0.15, -0.1) is 0 Å². The summed E-state index contributed by atoms with van der Waals surface area (Å²) >= 11 is 0. The maximum atomic E-state index is 12.9. The summed E-state index contributed by atoms with van der Waals surface area (Å²) in [4.78, 5) is 0. The van der Waals surface area contributed by atoms with E-state index in [9.17, 15) is 4.39 Å². The third-order valence-corrected chi connectivity index (χ3v) is 3.06. The summed E-state index contributed by atoms with van der Waals surface area (Å²) in [5, 5.41) is 0. The van der Waals surface area contributed by atoms with Crippen molar-refractivity contribution < 1.29 is 9.13 Å². The number of ether oxygens (including phenoxy) is 1. The molecule has 0 aromatic heterocycles. The Morgan fingerprint density at radius 2 is 2.33 bits per heavy atom. The molecule has 2 nitrogen and oxygen atoms in total. The van der Waals surface area contributed by atoms with Crippen LogP contribution in [0.1, 0.15) is 23.6 Å². The smallest absolute Gasteiger partial charge is 0.123 e. The van der Waals surface area contributed by atoms with Crippen LogP contribution in [0.5, 0.6) is 0 Å². The van der Waals surface area contributed by atoms with Crippen LogP contribution in [-0.2, 0) is 4.74 Å². The van der Waals surface area contributed by atoms with Gasteiger partial charge in [-0.25, -0.2) is 4.39 Å². The number of nitrogens with two attached hydrogens (primary N) is 1. The van der Waals surface area contributed by atoms with E-state index in [0.29, 0.717) is 5.92 Å². The van der Waals surface area contributed by atoms with Gasteiger partial charge in [-0.05, 0) is 36.6 Å². The van der Waals surface area contributed by atoms with Crippen LogP contribution in [0.25, 0.3) is 0 Å². The van der Waals surface area contributed by atoms with E-state index in [1.165, 1.54) is 12.1 Å². The molecule has 0 saturated carbocycles. The predicted octanol–water partition coefficient (Wildman–Crippen LogP) is 2.17. The SMILES string of the molecule is Cc1cc(F)ccc1C(N)C1CCOC1. The van der Waals surface area contributed by atoms with E-state index < -0.39 is 0 Å². The van der Waals surface area contributed by atoms with Crippen LogP contribution in [0, 0.1) is 18.7 Å². The van der Waals surface area contributed by atoms with Gasteiger partial charge in [0.1, 0.15) is 5.82 Å². The molecule has 0 amide bonds. The Bertz CT molecular complexity index is 347. The topological polar surface area (TPSA) is 35.2 Å². The number of benzene rings is 1. The number of halogens is 1. The Morgan fingerprint density at radius 1 is 1.53 bits per heavy atom. The maximum Gasteiger partial charge on any atom is 0.123 e. The first-order valence-electron chi connectivity index (χ1n) is 5.28. The van der Waals surface area contributed by atoms with Gasteiger partial charge >= 0.3 is 0 Å². The Hall–Kier alpha value is -0.930. The van der Waals surface area contributed by atoms with Crippen LogP contribution >= 0.6 is 0 Å². The van der Waals surface area contributed by atoms with Crippen molar-refractivity contribution >= 4 is 0 Å². The molecular weight excluding hydrogens is 193 g/mol. The van der Waals surface area contributed by atoms with Crippen LogP contribution in [0.15, 0.2) is 18.2 Å². The average molecular weight is 209 g/mol. The molecular formula is C12H16FNO. The van der Waals surface area contributed by atoms with Gasteiger partial charge in [0.2, 0.25) is 0 Å². The zero-order chi connectivity index (χ0) is 10.8. The second-order valence-corrected chi connectivity index (χ2v) is 4.15. The lowest BCUT2D eigenvalue weighted by Crippen LogP contribution is -2.22. The van der Waals surface area contributed by atoms with Crippen LogP contribution < -0.4 is 5.73 Å². The molecule has 15 heavy (non-hydrogen) atoms. The predicted molar refractivity (Wildman–Crippen MR) is 57.0 cm³/mol. The van der Waals surface area contributed by atoms with E-state index in [4.69, 9.17) is 10.5 Å². The van der Waals surface area contributed by atoms with Gasteiger partial charge in [0.05, 0.1) is 6.61 Å². The second kappa shape index (κ2) is 4.29. The molecule has 1 saturated heterocycles. The van der Waals surface area contributed by atoms with Crippen molar-refractivity contribution in [3.8, 4) is 0 Å². The van der Waals surface area contributed by atoms with E-state index in [0.717, 1.165) is 30.8 Å². The second-order valence-electron chi connectivity index (χ2n) is 4.15. The number of rotatable bonds is 2. The van der Waals surface area contributed by atoms with Gasteiger partial charge in [0.15, 0.2) is 0 Å². The van der Waals surface area contributed by atoms with Crippen molar-refractivity contribution in [1.82, 2.24) is 0 Å². The minimum Gasteiger partial charge on any atom is -0.381 e. The Labute approximate surface area is 89.2 Å². The summed E-state index contributed by atoms with van der Waals surface area (Å²) in [6.07, 6.45) is 0.998. The zero-order valence-corrected chi connectivity index (χ0v) is 8.87. The van der Waals surface area contributed by atoms with Crippen LogP contribution in [0.3, 0.4) is 0 Å². The van der Waals surface area contributed by atoms with Gasteiger partial charge in [-0.2, -0.15) is 0 Å². The average Bonchev–Trinajstić information content (AvgIpc) is 2.69. The molecule has 0 spiro atoms. The van der Waals surface area contributed by atoms with Crippen LogP contribution in [0.4, 0.5) is 4.39 Å². The summed E-state index contributed by atoms with van der Waals surface area (Å²) < 4.78 is 18.2. The first-order valence-corrected chi connectivity index (χ1v) is 5.28. The molecule has 82 valence electrons. The molecule has 2 atom stereocenters. The summed E-state index contributed by atoms with van der Waals surface area (Å²) in [6.45, 7) is 3.41. The van der Waals surface area contributed by atoms with Gasteiger partial charge in [0.25, 0.3) is 0 Å². The third-order valence-electron chi connectivity index (χ3n) is 3.06. The molecule has 0 radical (unpaired) electrons. The molecule has 1 fully saturated rings. The third kappa shape index (κ3) is 2.19. The summed E-state index contributed by atoms with van der Waals surface area (Å²) in [5.41, 5.74) is 8.11.